The molecule has 0 bridgehead atoms. The van der Waals surface area contributed by atoms with E-state index in [2.05, 4.69) is 4.98 Å². The van der Waals surface area contributed by atoms with Gasteiger partial charge in [0.2, 0.25) is 11.6 Å². The molecule has 0 amide bonds. The van der Waals surface area contributed by atoms with Gasteiger partial charge in [-0.2, -0.15) is 5.26 Å². The largest absolute Gasteiger partial charge is 0.442 e. The number of benzene rings is 1. The van der Waals surface area contributed by atoms with E-state index < -0.39 is 0 Å². The Morgan fingerprint density at radius 2 is 2.15 bits per heavy atom. The molecule has 0 aliphatic heterocycles. The van der Waals surface area contributed by atoms with Crippen LogP contribution in [0.4, 0.5) is 5.69 Å². The predicted molar refractivity (Wildman–Crippen MR) is 74.4 cm³/mol. The Kier molecular flexibility index (Phi) is 2.77. The van der Waals surface area contributed by atoms with Crippen LogP contribution < -0.4 is 10.5 Å². The molecule has 3 rings (SSSR count). The second-order valence-electron chi connectivity index (χ2n) is 4.38. The Bertz CT molecular complexity index is 831. The number of nitrogen functional groups attached to an aromatic ring is 1. The molecule has 20 heavy (non-hydrogen) atoms. The highest BCUT2D eigenvalue weighted by molar-refractivity contribution is 5.86. The quantitative estimate of drug-likeness (QED) is 0.767. The van der Waals surface area contributed by atoms with Gasteiger partial charge >= 0.3 is 0 Å². The van der Waals surface area contributed by atoms with E-state index in [1.165, 1.54) is 0 Å². The number of hydrogen-bond acceptors (Lipinski definition) is 5. The van der Waals surface area contributed by atoms with Crippen LogP contribution in [0.3, 0.4) is 0 Å². The molecular weight excluding hydrogens is 254 g/mol. The average Bonchev–Trinajstić information content (AvgIpc) is 2.80. The van der Waals surface area contributed by atoms with Crippen LogP contribution in [0.5, 0.6) is 11.6 Å². The Labute approximate surface area is 115 Å². The number of hydrogen-bond donors (Lipinski definition) is 1. The molecule has 0 aliphatic rings. The van der Waals surface area contributed by atoms with Crippen LogP contribution in [-0.2, 0) is 0 Å². The molecule has 98 valence electrons. The summed E-state index contributed by atoms with van der Waals surface area (Å²) in [6, 6.07) is 11.0. The summed E-state index contributed by atoms with van der Waals surface area (Å²) in [6.45, 7) is 1.89. The number of para-hydroxylation sites is 1. The summed E-state index contributed by atoms with van der Waals surface area (Å²) in [6.07, 6.45) is 1.65. The summed E-state index contributed by atoms with van der Waals surface area (Å²) in [5.74, 6) is 0.706. The maximum atomic E-state index is 9.14. The maximum absolute atomic E-state index is 9.14. The third-order valence-electron chi connectivity index (χ3n) is 2.87. The lowest BCUT2D eigenvalue weighted by Crippen LogP contribution is -1.96. The molecular formula is C15H11N3O2. The number of ether oxygens (including phenoxy) is 1. The van der Waals surface area contributed by atoms with Crippen molar-refractivity contribution in [2.75, 3.05) is 5.73 Å². The Morgan fingerprint density at radius 3 is 2.90 bits per heavy atom. The normalized spacial score (nSPS) is 10.4. The fraction of sp³-hybridized carbons (Fsp3) is 0.0667. The summed E-state index contributed by atoms with van der Waals surface area (Å²) in [4.78, 5) is 4.14. The van der Waals surface area contributed by atoms with E-state index >= 15 is 0 Å². The summed E-state index contributed by atoms with van der Waals surface area (Å²) in [5, 5.41) is 9.85. The van der Waals surface area contributed by atoms with E-state index in [0.29, 0.717) is 22.4 Å². The lowest BCUT2D eigenvalue weighted by atomic mass is 10.2. The van der Waals surface area contributed by atoms with Crippen LogP contribution in [0.15, 0.2) is 40.9 Å². The highest BCUT2D eigenvalue weighted by Gasteiger charge is 2.17. The number of aromatic nitrogens is 1. The van der Waals surface area contributed by atoms with Gasteiger partial charge in [0.05, 0.1) is 11.1 Å². The molecule has 2 N–H and O–H groups in total. The van der Waals surface area contributed by atoms with Crippen molar-refractivity contribution in [2.24, 2.45) is 0 Å². The topological polar surface area (TPSA) is 85.1 Å². The molecule has 0 saturated carbocycles. The maximum Gasteiger partial charge on any atom is 0.247 e. The number of furan rings is 1. The number of pyridine rings is 1. The van der Waals surface area contributed by atoms with Gasteiger partial charge in [0.1, 0.15) is 11.7 Å². The second-order valence-corrected chi connectivity index (χ2v) is 4.38. The molecule has 2 aromatic heterocycles. The fourth-order valence-electron chi connectivity index (χ4n) is 1.96. The molecule has 0 saturated heterocycles. The van der Waals surface area contributed by atoms with Crippen LogP contribution in [0.25, 0.3) is 11.0 Å². The van der Waals surface area contributed by atoms with Crippen LogP contribution in [0.2, 0.25) is 0 Å². The van der Waals surface area contributed by atoms with Crippen molar-refractivity contribution >= 4 is 16.7 Å². The molecule has 2 heterocycles. The lowest BCUT2D eigenvalue weighted by molar-refractivity contribution is 0.452. The van der Waals surface area contributed by atoms with Gasteiger partial charge in [0, 0.05) is 6.20 Å². The number of nitriles is 1. The van der Waals surface area contributed by atoms with Crippen molar-refractivity contribution in [3.05, 3.63) is 47.9 Å². The minimum atomic E-state index is 0.105. The van der Waals surface area contributed by atoms with Gasteiger partial charge in [-0.1, -0.05) is 12.1 Å². The van der Waals surface area contributed by atoms with Crippen molar-refractivity contribution in [2.45, 2.75) is 6.92 Å². The minimum Gasteiger partial charge on any atom is -0.442 e. The smallest absolute Gasteiger partial charge is 0.247 e. The highest BCUT2D eigenvalue weighted by atomic mass is 16.5. The molecule has 0 fully saturated rings. The van der Waals surface area contributed by atoms with Crippen LogP contribution in [0, 0.1) is 18.3 Å². The third kappa shape index (κ3) is 1.93. The summed E-state index contributed by atoms with van der Waals surface area (Å²) >= 11 is 0. The zero-order chi connectivity index (χ0) is 14.1. The molecule has 5 heteroatoms. The van der Waals surface area contributed by atoms with Crippen molar-refractivity contribution < 1.29 is 9.15 Å². The lowest BCUT2D eigenvalue weighted by Gasteiger charge is -2.06. The standard InChI is InChI=1S/C15H11N3O2/c1-9-6-11(17)15(18-8-9)20-14-10-4-2-3-5-12(10)19-13(14)7-16/h2-6,8H,17H2,1H3. The second kappa shape index (κ2) is 4.59. The monoisotopic (exact) mass is 265 g/mol. The van der Waals surface area contributed by atoms with E-state index in [-0.39, 0.29) is 11.6 Å². The summed E-state index contributed by atoms with van der Waals surface area (Å²) in [7, 11) is 0. The van der Waals surface area contributed by atoms with E-state index in [9.17, 15) is 0 Å². The van der Waals surface area contributed by atoms with E-state index in [4.69, 9.17) is 20.1 Å². The first kappa shape index (κ1) is 12.1. The Balaban J connectivity index is 2.12. The number of aryl methyl sites for hydroxylation is 1. The molecule has 3 aromatic rings. The molecule has 0 aliphatic carbocycles. The van der Waals surface area contributed by atoms with Crippen LogP contribution >= 0.6 is 0 Å². The first-order chi connectivity index (χ1) is 9.69. The number of nitrogens with two attached hydrogens (primary N) is 1. The molecule has 0 atom stereocenters. The van der Waals surface area contributed by atoms with Crippen LogP contribution in [-0.4, -0.2) is 4.98 Å². The summed E-state index contributed by atoms with van der Waals surface area (Å²) in [5.41, 5.74) is 7.81. The average molecular weight is 265 g/mol. The van der Waals surface area contributed by atoms with Gasteiger partial charge in [-0.05, 0) is 30.7 Å². The zero-order valence-corrected chi connectivity index (χ0v) is 10.8. The van der Waals surface area contributed by atoms with Gasteiger partial charge < -0.3 is 14.9 Å². The van der Waals surface area contributed by atoms with Gasteiger partial charge in [0.25, 0.3) is 0 Å². The van der Waals surface area contributed by atoms with Gasteiger partial charge in [-0.3, -0.25) is 0 Å². The predicted octanol–water partition coefficient (Wildman–Crippen LogP) is 3.38. The van der Waals surface area contributed by atoms with E-state index in [1.54, 1.807) is 18.3 Å². The van der Waals surface area contributed by atoms with Gasteiger partial charge in [-0.15, -0.1) is 0 Å². The van der Waals surface area contributed by atoms with E-state index in [1.807, 2.05) is 31.2 Å². The molecule has 0 spiro atoms. The molecule has 1 aromatic carbocycles. The highest BCUT2D eigenvalue weighted by Crippen LogP contribution is 2.36. The fourth-order valence-corrected chi connectivity index (χ4v) is 1.96. The number of anilines is 1. The molecule has 0 radical (unpaired) electrons. The first-order valence-corrected chi connectivity index (χ1v) is 6.00. The minimum absolute atomic E-state index is 0.105. The zero-order valence-electron chi connectivity index (χ0n) is 10.8. The summed E-state index contributed by atoms with van der Waals surface area (Å²) < 4.78 is 11.1. The first-order valence-electron chi connectivity index (χ1n) is 6.00. The van der Waals surface area contributed by atoms with Gasteiger partial charge in [0.15, 0.2) is 5.75 Å². The van der Waals surface area contributed by atoms with Crippen LogP contribution in [0.1, 0.15) is 11.3 Å². The van der Waals surface area contributed by atoms with Gasteiger partial charge in [-0.25, -0.2) is 4.98 Å². The SMILES string of the molecule is Cc1cnc(Oc2c(C#N)oc3ccccc23)c(N)c1. The number of fused-ring (bicyclic) bond motifs is 1. The Morgan fingerprint density at radius 1 is 1.35 bits per heavy atom. The van der Waals surface area contributed by atoms with Crippen molar-refractivity contribution in [1.29, 1.82) is 5.26 Å². The number of rotatable bonds is 2. The Hall–Kier alpha value is -3.00. The van der Waals surface area contributed by atoms with Crippen molar-refractivity contribution in [3.8, 4) is 17.7 Å². The molecule has 0 unspecified atom stereocenters. The number of nitrogens with zero attached hydrogens (tertiary/aromatic N) is 2. The van der Waals surface area contributed by atoms with Crippen molar-refractivity contribution in [1.82, 2.24) is 4.98 Å². The van der Waals surface area contributed by atoms with E-state index in [0.717, 1.165) is 5.56 Å². The molecule has 5 nitrogen and oxygen atoms in total. The third-order valence-corrected chi connectivity index (χ3v) is 2.87. The van der Waals surface area contributed by atoms with Crippen molar-refractivity contribution in [3.63, 3.8) is 0 Å².